The van der Waals surface area contributed by atoms with Crippen molar-refractivity contribution < 1.29 is 9.53 Å². The first kappa shape index (κ1) is 16.3. The third kappa shape index (κ3) is 3.05. The average molecular weight is 353 g/mol. The number of rotatable bonds is 4. The molecule has 2 aromatic heterocycles. The number of carbonyl (C=O) groups is 1. The number of nitrogens with zero attached hydrogens (tertiary/aromatic N) is 3. The quantitative estimate of drug-likeness (QED) is 0.743. The largest absolute Gasteiger partial charge is 0.472 e. The maximum Gasteiger partial charge on any atom is 0.340 e. The van der Waals surface area contributed by atoms with E-state index in [9.17, 15) is 9.59 Å². The molecule has 4 rings (SSSR count). The summed E-state index contributed by atoms with van der Waals surface area (Å²) >= 11 is 0. The fourth-order valence-corrected chi connectivity index (χ4v) is 3.20. The summed E-state index contributed by atoms with van der Waals surface area (Å²) in [5.41, 5.74) is 0.137. The van der Waals surface area contributed by atoms with Gasteiger partial charge in [-0.25, -0.2) is 14.9 Å². The molecule has 1 fully saturated rings. The minimum atomic E-state index is -0.387. The van der Waals surface area contributed by atoms with E-state index in [1.807, 2.05) is 42.2 Å². The summed E-state index contributed by atoms with van der Waals surface area (Å²) < 4.78 is 6.15. The lowest BCUT2D eigenvalue weighted by Crippen LogP contribution is -2.30. The number of ether oxygens (including phenoxy) is 1. The van der Waals surface area contributed by atoms with Gasteiger partial charge >= 0.3 is 5.69 Å². The number of likely N-dealkylation sites (tertiary alicyclic amines) is 1. The Labute approximate surface area is 149 Å². The molecule has 26 heavy (non-hydrogen) atoms. The molecule has 1 amide bonds. The Balaban J connectivity index is 1.67. The maximum atomic E-state index is 11.9. The van der Waals surface area contributed by atoms with E-state index in [4.69, 9.17) is 4.74 Å². The van der Waals surface area contributed by atoms with Gasteiger partial charge in [-0.05, 0) is 17.5 Å². The predicted molar refractivity (Wildman–Crippen MR) is 95.8 cm³/mol. The fourth-order valence-electron chi connectivity index (χ4n) is 3.20. The molecule has 3 heterocycles. The molecule has 1 aliphatic heterocycles. The van der Waals surface area contributed by atoms with Crippen LogP contribution in [0.4, 0.5) is 0 Å². The second-order valence-electron chi connectivity index (χ2n) is 6.28. The summed E-state index contributed by atoms with van der Waals surface area (Å²) in [6.45, 7) is 3.12. The summed E-state index contributed by atoms with van der Waals surface area (Å²) in [7, 11) is 0. The second kappa shape index (κ2) is 6.62. The van der Waals surface area contributed by atoms with Crippen LogP contribution < -0.4 is 10.4 Å². The normalized spacial score (nSPS) is 17.0. The molecule has 8 nitrogen and oxygen atoms in total. The Morgan fingerprint density at radius 1 is 1.38 bits per heavy atom. The van der Waals surface area contributed by atoms with Crippen molar-refractivity contribution in [2.75, 3.05) is 13.1 Å². The van der Waals surface area contributed by atoms with Crippen LogP contribution in [0.5, 0.6) is 5.88 Å². The zero-order valence-electron chi connectivity index (χ0n) is 14.4. The Morgan fingerprint density at radius 2 is 2.23 bits per heavy atom. The first-order valence-electron chi connectivity index (χ1n) is 8.63. The van der Waals surface area contributed by atoms with Crippen molar-refractivity contribution in [3.05, 3.63) is 40.8 Å². The predicted octanol–water partition coefficient (Wildman–Crippen LogP) is 1.70. The molecule has 0 bridgehead atoms. The van der Waals surface area contributed by atoms with E-state index in [1.165, 1.54) is 0 Å². The molecule has 2 N–H and O–H groups in total. The number of carbonyl (C=O) groups excluding carboxylic acids is 1. The Hall–Kier alpha value is -3.16. The number of pyridine rings is 1. The lowest BCUT2D eigenvalue weighted by Gasteiger charge is -2.17. The van der Waals surface area contributed by atoms with Crippen molar-refractivity contribution in [2.24, 2.45) is 0 Å². The van der Waals surface area contributed by atoms with Crippen LogP contribution in [0.15, 0.2) is 35.1 Å². The smallest absolute Gasteiger partial charge is 0.340 e. The lowest BCUT2D eigenvalue weighted by molar-refractivity contribution is -0.130. The van der Waals surface area contributed by atoms with Crippen molar-refractivity contribution >= 4 is 16.7 Å². The van der Waals surface area contributed by atoms with Crippen molar-refractivity contribution in [2.45, 2.75) is 25.9 Å². The van der Waals surface area contributed by atoms with Gasteiger partial charge in [0.2, 0.25) is 11.8 Å². The summed E-state index contributed by atoms with van der Waals surface area (Å²) in [6.07, 6.45) is 1.16. The van der Waals surface area contributed by atoms with Gasteiger partial charge in [-0.1, -0.05) is 25.1 Å². The summed E-state index contributed by atoms with van der Waals surface area (Å²) in [4.78, 5) is 32.2. The highest BCUT2D eigenvalue weighted by Gasteiger charge is 2.27. The van der Waals surface area contributed by atoms with Gasteiger partial charge in [-0.3, -0.25) is 9.78 Å². The van der Waals surface area contributed by atoms with Crippen LogP contribution in [0, 0.1) is 0 Å². The number of aromatic nitrogens is 4. The SMILES string of the molecule is CCC(=O)N1CCC(Oc2nc(-c3n[nH]c(=O)[nH]3)cc3ccccc23)C1. The molecule has 1 aromatic carbocycles. The van der Waals surface area contributed by atoms with Crippen LogP contribution in [0.25, 0.3) is 22.3 Å². The maximum absolute atomic E-state index is 11.9. The molecule has 8 heteroatoms. The topological polar surface area (TPSA) is 104 Å². The van der Waals surface area contributed by atoms with Crippen LogP contribution >= 0.6 is 0 Å². The molecule has 1 aliphatic rings. The molecule has 3 aromatic rings. The van der Waals surface area contributed by atoms with Gasteiger partial charge < -0.3 is 9.64 Å². The first-order chi connectivity index (χ1) is 12.6. The number of hydrogen-bond acceptors (Lipinski definition) is 5. The first-order valence-corrected chi connectivity index (χ1v) is 8.63. The Bertz CT molecular complexity index is 1010. The fraction of sp³-hybridized carbons (Fsp3) is 0.333. The molecule has 1 atom stereocenters. The Kier molecular flexibility index (Phi) is 4.16. The minimum Gasteiger partial charge on any atom is -0.472 e. The molecule has 134 valence electrons. The monoisotopic (exact) mass is 353 g/mol. The number of amides is 1. The zero-order chi connectivity index (χ0) is 18.1. The van der Waals surface area contributed by atoms with Gasteiger partial charge in [-0.2, -0.15) is 5.10 Å². The van der Waals surface area contributed by atoms with E-state index in [0.29, 0.717) is 36.9 Å². The molecule has 0 saturated carbocycles. The van der Waals surface area contributed by atoms with Crippen LogP contribution in [0.3, 0.4) is 0 Å². The highest BCUT2D eigenvalue weighted by atomic mass is 16.5. The highest BCUT2D eigenvalue weighted by molar-refractivity contribution is 5.89. The molecule has 0 radical (unpaired) electrons. The number of H-pyrrole nitrogens is 2. The van der Waals surface area contributed by atoms with Gasteiger partial charge in [0.1, 0.15) is 11.8 Å². The molecule has 0 aliphatic carbocycles. The molecular weight excluding hydrogens is 334 g/mol. The van der Waals surface area contributed by atoms with Crippen LogP contribution in [0.2, 0.25) is 0 Å². The van der Waals surface area contributed by atoms with E-state index in [1.54, 1.807) is 0 Å². The lowest BCUT2D eigenvalue weighted by atomic mass is 10.1. The second-order valence-corrected chi connectivity index (χ2v) is 6.28. The van der Waals surface area contributed by atoms with Crippen LogP contribution in [-0.2, 0) is 4.79 Å². The van der Waals surface area contributed by atoms with Crippen molar-refractivity contribution in [3.63, 3.8) is 0 Å². The van der Waals surface area contributed by atoms with Gasteiger partial charge in [0.25, 0.3) is 0 Å². The zero-order valence-corrected chi connectivity index (χ0v) is 14.4. The van der Waals surface area contributed by atoms with E-state index in [2.05, 4.69) is 20.2 Å². The van der Waals surface area contributed by atoms with E-state index in [-0.39, 0.29) is 17.7 Å². The van der Waals surface area contributed by atoms with E-state index >= 15 is 0 Å². The summed E-state index contributed by atoms with van der Waals surface area (Å²) in [5, 5.41) is 8.12. The summed E-state index contributed by atoms with van der Waals surface area (Å²) in [5.74, 6) is 0.981. The molecule has 1 saturated heterocycles. The number of nitrogens with one attached hydrogen (secondary N) is 2. The molecule has 0 spiro atoms. The summed E-state index contributed by atoms with van der Waals surface area (Å²) in [6, 6.07) is 9.61. The van der Waals surface area contributed by atoms with Crippen molar-refractivity contribution in [1.82, 2.24) is 25.1 Å². The molecule has 1 unspecified atom stereocenters. The average Bonchev–Trinajstić information content (AvgIpc) is 3.30. The number of benzene rings is 1. The van der Waals surface area contributed by atoms with Gasteiger partial charge in [0, 0.05) is 24.8 Å². The van der Waals surface area contributed by atoms with E-state index in [0.717, 1.165) is 17.2 Å². The number of aromatic amines is 2. The third-order valence-electron chi connectivity index (χ3n) is 4.53. The number of hydrogen-bond donors (Lipinski definition) is 2. The van der Waals surface area contributed by atoms with Crippen molar-refractivity contribution in [1.29, 1.82) is 0 Å². The molecular formula is C18H19N5O3. The standard InChI is InChI=1S/C18H19N5O3/c1-2-15(24)23-8-7-12(10-23)26-17-13-6-4-3-5-11(13)9-14(19-17)16-20-18(25)22-21-16/h3-6,9,12H,2,7-8,10H2,1H3,(H2,20,21,22,25). The van der Waals surface area contributed by atoms with Gasteiger partial charge in [-0.15, -0.1) is 0 Å². The minimum absolute atomic E-state index is 0.102. The van der Waals surface area contributed by atoms with E-state index < -0.39 is 0 Å². The van der Waals surface area contributed by atoms with Gasteiger partial charge in [0.05, 0.1) is 6.54 Å². The van der Waals surface area contributed by atoms with Crippen LogP contribution in [-0.4, -0.2) is 50.2 Å². The van der Waals surface area contributed by atoms with Gasteiger partial charge in [0.15, 0.2) is 5.82 Å². The van der Waals surface area contributed by atoms with Crippen molar-refractivity contribution in [3.8, 4) is 17.4 Å². The third-order valence-corrected chi connectivity index (χ3v) is 4.53. The Morgan fingerprint density at radius 3 is 3.00 bits per heavy atom. The number of fused-ring (bicyclic) bond motifs is 1. The highest BCUT2D eigenvalue weighted by Crippen LogP contribution is 2.29. The van der Waals surface area contributed by atoms with Crippen LogP contribution in [0.1, 0.15) is 19.8 Å².